The lowest BCUT2D eigenvalue weighted by atomic mass is 9.90. The van der Waals surface area contributed by atoms with Crippen molar-refractivity contribution in [3.63, 3.8) is 0 Å². The minimum Gasteiger partial charge on any atom is -0.397 e. The number of hydrogen-bond donors (Lipinski definition) is 2. The Morgan fingerprint density at radius 1 is 1.30 bits per heavy atom. The molecule has 1 aromatic carbocycles. The van der Waals surface area contributed by atoms with Gasteiger partial charge in [0.15, 0.2) is 0 Å². The van der Waals surface area contributed by atoms with Gasteiger partial charge in [0.1, 0.15) is 0 Å². The summed E-state index contributed by atoms with van der Waals surface area (Å²) in [5.74, 6) is 0.781. The van der Waals surface area contributed by atoms with Crippen LogP contribution < -0.4 is 16.0 Å². The van der Waals surface area contributed by atoms with E-state index in [0.717, 1.165) is 30.0 Å². The molecule has 2 heterocycles. The van der Waals surface area contributed by atoms with Crippen molar-refractivity contribution in [3.05, 3.63) is 17.7 Å². The van der Waals surface area contributed by atoms with Crippen LogP contribution in [-0.4, -0.2) is 18.5 Å². The van der Waals surface area contributed by atoms with Gasteiger partial charge in [-0.05, 0) is 49.8 Å². The Kier molecular flexibility index (Phi) is 3.32. The summed E-state index contributed by atoms with van der Waals surface area (Å²) < 4.78 is 0. The summed E-state index contributed by atoms with van der Waals surface area (Å²) >= 11 is 0. The maximum atomic E-state index is 11.5. The lowest BCUT2D eigenvalue weighted by Gasteiger charge is -2.40. The highest BCUT2D eigenvalue weighted by Crippen LogP contribution is 2.37. The summed E-state index contributed by atoms with van der Waals surface area (Å²) in [6.45, 7) is 5.66. The third kappa shape index (κ3) is 2.23. The number of amides is 1. The van der Waals surface area contributed by atoms with Crippen molar-refractivity contribution in [2.75, 3.05) is 22.5 Å². The fraction of sp³-hybridized carbons (Fsp3) is 0.562. The number of nitrogens with two attached hydrogens (primary N) is 1. The summed E-state index contributed by atoms with van der Waals surface area (Å²) in [7, 11) is 0. The Labute approximate surface area is 120 Å². The topological polar surface area (TPSA) is 58.4 Å². The molecule has 0 bridgehead atoms. The normalized spacial score (nSPS) is 26.1. The Morgan fingerprint density at radius 2 is 2.10 bits per heavy atom. The van der Waals surface area contributed by atoms with Crippen LogP contribution in [0.1, 0.15) is 38.7 Å². The second-order valence-electron chi connectivity index (χ2n) is 6.17. The van der Waals surface area contributed by atoms with E-state index in [1.165, 1.54) is 18.4 Å². The molecule has 1 aromatic rings. The number of carbonyl (C=O) groups is 1. The number of nitrogens with one attached hydrogen (secondary N) is 1. The molecule has 3 rings (SSSR count). The summed E-state index contributed by atoms with van der Waals surface area (Å²) in [6.07, 6.45) is 3.89. The van der Waals surface area contributed by atoms with E-state index >= 15 is 0 Å². The van der Waals surface area contributed by atoms with E-state index in [2.05, 4.69) is 30.1 Å². The summed E-state index contributed by atoms with van der Waals surface area (Å²) in [5.41, 5.74) is 10.2. The monoisotopic (exact) mass is 273 g/mol. The van der Waals surface area contributed by atoms with Crippen LogP contribution in [0.25, 0.3) is 0 Å². The van der Waals surface area contributed by atoms with E-state index < -0.39 is 0 Å². The molecule has 2 atom stereocenters. The molecule has 3 N–H and O–H groups in total. The molecular weight excluding hydrogens is 250 g/mol. The molecule has 108 valence electrons. The van der Waals surface area contributed by atoms with Crippen molar-refractivity contribution in [1.29, 1.82) is 0 Å². The molecule has 2 unspecified atom stereocenters. The van der Waals surface area contributed by atoms with Crippen LogP contribution in [-0.2, 0) is 11.2 Å². The zero-order chi connectivity index (χ0) is 14.3. The molecule has 4 nitrogen and oxygen atoms in total. The van der Waals surface area contributed by atoms with Crippen molar-refractivity contribution in [3.8, 4) is 0 Å². The molecule has 4 heteroatoms. The van der Waals surface area contributed by atoms with Gasteiger partial charge in [-0.25, -0.2) is 0 Å². The molecule has 1 fully saturated rings. The van der Waals surface area contributed by atoms with E-state index in [1.807, 2.05) is 6.07 Å². The predicted molar refractivity (Wildman–Crippen MR) is 83.0 cm³/mol. The molecular formula is C16H23N3O. The number of piperidine rings is 1. The van der Waals surface area contributed by atoms with Gasteiger partial charge < -0.3 is 16.0 Å². The standard InChI is InChI=1S/C16H23N3O/c1-10-4-3-7-19(11(10)2)15-8-12-5-6-16(20)18-14(12)9-13(15)17/h8-11H,3-7,17H2,1-2H3,(H,18,20). The van der Waals surface area contributed by atoms with Gasteiger partial charge in [-0.2, -0.15) is 0 Å². The number of nitrogen functional groups attached to an aromatic ring is 1. The first kappa shape index (κ1) is 13.3. The summed E-state index contributed by atoms with van der Waals surface area (Å²) in [6, 6.07) is 4.62. The quantitative estimate of drug-likeness (QED) is 0.774. The fourth-order valence-corrected chi connectivity index (χ4v) is 3.36. The molecule has 0 spiro atoms. The number of carbonyl (C=O) groups excluding carboxylic acids is 1. The van der Waals surface area contributed by atoms with Crippen LogP contribution >= 0.6 is 0 Å². The number of nitrogens with zero attached hydrogens (tertiary/aromatic N) is 1. The van der Waals surface area contributed by atoms with Crippen molar-refractivity contribution >= 4 is 23.0 Å². The van der Waals surface area contributed by atoms with Crippen LogP contribution in [0.15, 0.2) is 12.1 Å². The first-order chi connectivity index (χ1) is 9.56. The van der Waals surface area contributed by atoms with Gasteiger partial charge in [-0.15, -0.1) is 0 Å². The first-order valence-electron chi connectivity index (χ1n) is 7.55. The van der Waals surface area contributed by atoms with Gasteiger partial charge in [0.25, 0.3) is 0 Å². The van der Waals surface area contributed by atoms with Gasteiger partial charge in [0.2, 0.25) is 5.91 Å². The van der Waals surface area contributed by atoms with E-state index in [1.54, 1.807) is 0 Å². The van der Waals surface area contributed by atoms with Gasteiger partial charge in [-0.1, -0.05) is 6.92 Å². The highest BCUT2D eigenvalue weighted by molar-refractivity contribution is 5.95. The number of anilines is 3. The second kappa shape index (κ2) is 5.00. The minimum atomic E-state index is 0.0876. The molecule has 0 aliphatic carbocycles. The van der Waals surface area contributed by atoms with Crippen LogP contribution in [0.2, 0.25) is 0 Å². The molecule has 1 amide bonds. The smallest absolute Gasteiger partial charge is 0.224 e. The number of hydrogen-bond acceptors (Lipinski definition) is 3. The zero-order valence-corrected chi connectivity index (χ0v) is 12.3. The SMILES string of the molecule is CC1CCCN(c2cc3c(cc2N)NC(=O)CC3)C1C. The molecule has 1 saturated heterocycles. The van der Waals surface area contributed by atoms with Crippen LogP contribution in [0.3, 0.4) is 0 Å². The molecule has 0 saturated carbocycles. The van der Waals surface area contributed by atoms with Gasteiger partial charge in [0.05, 0.1) is 11.4 Å². The second-order valence-corrected chi connectivity index (χ2v) is 6.17. The van der Waals surface area contributed by atoms with Gasteiger partial charge >= 0.3 is 0 Å². The maximum Gasteiger partial charge on any atom is 0.224 e. The van der Waals surface area contributed by atoms with Crippen LogP contribution in [0.5, 0.6) is 0 Å². The molecule has 20 heavy (non-hydrogen) atoms. The third-order valence-corrected chi connectivity index (χ3v) is 4.83. The Hall–Kier alpha value is -1.71. The van der Waals surface area contributed by atoms with E-state index in [9.17, 15) is 4.79 Å². The summed E-state index contributed by atoms with van der Waals surface area (Å²) in [5, 5.41) is 2.91. The Balaban J connectivity index is 1.96. The summed E-state index contributed by atoms with van der Waals surface area (Å²) in [4.78, 5) is 13.9. The largest absolute Gasteiger partial charge is 0.397 e. The van der Waals surface area contributed by atoms with E-state index in [-0.39, 0.29) is 5.91 Å². The lowest BCUT2D eigenvalue weighted by molar-refractivity contribution is -0.116. The van der Waals surface area contributed by atoms with Crippen molar-refractivity contribution < 1.29 is 4.79 Å². The molecule has 2 aliphatic heterocycles. The zero-order valence-electron chi connectivity index (χ0n) is 12.3. The number of fused-ring (bicyclic) bond motifs is 1. The number of benzene rings is 1. The van der Waals surface area contributed by atoms with E-state index in [4.69, 9.17) is 5.73 Å². The maximum absolute atomic E-state index is 11.5. The van der Waals surface area contributed by atoms with Crippen molar-refractivity contribution in [2.24, 2.45) is 5.92 Å². The first-order valence-corrected chi connectivity index (χ1v) is 7.55. The van der Waals surface area contributed by atoms with Crippen molar-refractivity contribution in [2.45, 2.75) is 45.6 Å². The fourth-order valence-electron chi connectivity index (χ4n) is 3.36. The Bertz CT molecular complexity index is 541. The van der Waals surface area contributed by atoms with Crippen LogP contribution in [0.4, 0.5) is 17.1 Å². The van der Waals surface area contributed by atoms with Crippen LogP contribution in [0, 0.1) is 5.92 Å². The third-order valence-electron chi connectivity index (χ3n) is 4.83. The molecule has 0 aromatic heterocycles. The van der Waals surface area contributed by atoms with Gasteiger partial charge in [-0.3, -0.25) is 4.79 Å². The number of aryl methyl sites for hydroxylation is 1. The predicted octanol–water partition coefficient (Wildman–Crippen LogP) is 2.78. The highest BCUT2D eigenvalue weighted by atomic mass is 16.1. The molecule has 0 radical (unpaired) electrons. The lowest BCUT2D eigenvalue weighted by Crippen LogP contribution is -2.42. The van der Waals surface area contributed by atoms with Gasteiger partial charge in [0, 0.05) is 24.7 Å². The van der Waals surface area contributed by atoms with E-state index in [0.29, 0.717) is 18.4 Å². The average molecular weight is 273 g/mol. The highest BCUT2D eigenvalue weighted by Gasteiger charge is 2.27. The minimum absolute atomic E-state index is 0.0876. The average Bonchev–Trinajstić information content (AvgIpc) is 2.41. The molecule has 2 aliphatic rings. The number of rotatable bonds is 1. The Morgan fingerprint density at radius 3 is 2.90 bits per heavy atom. The van der Waals surface area contributed by atoms with Crippen molar-refractivity contribution in [1.82, 2.24) is 0 Å².